The van der Waals surface area contributed by atoms with Crippen molar-refractivity contribution < 1.29 is 14.3 Å². The van der Waals surface area contributed by atoms with Crippen LogP contribution >= 0.6 is 0 Å². The summed E-state index contributed by atoms with van der Waals surface area (Å²) >= 11 is 0. The van der Waals surface area contributed by atoms with E-state index in [4.69, 9.17) is 0 Å². The molecule has 0 amide bonds. The molecular weight excluding hydrogens is 216 g/mol. The Hall–Kier alpha value is -1.64. The fraction of sp³-hybridized carbons (Fsp3) is 0.429. The number of carbonyl (C=O) groups excluding carboxylic acids is 2. The number of rotatable bonds is 4. The molecule has 1 aromatic rings. The van der Waals surface area contributed by atoms with E-state index in [2.05, 4.69) is 4.74 Å². The molecule has 0 aliphatic rings. The summed E-state index contributed by atoms with van der Waals surface area (Å²) in [6.07, 6.45) is 0.191. The predicted octanol–water partition coefficient (Wildman–Crippen LogP) is 2.69. The highest BCUT2D eigenvalue weighted by atomic mass is 16.5. The van der Waals surface area contributed by atoms with E-state index < -0.39 is 5.92 Å². The van der Waals surface area contributed by atoms with Crippen molar-refractivity contribution >= 4 is 11.8 Å². The Bertz CT molecular complexity index is 435. The van der Waals surface area contributed by atoms with E-state index >= 15 is 0 Å². The Labute approximate surface area is 102 Å². The molecule has 0 saturated carbocycles. The summed E-state index contributed by atoms with van der Waals surface area (Å²) in [5, 5.41) is 0. The van der Waals surface area contributed by atoms with Crippen LogP contribution in [0.2, 0.25) is 0 Å². The Morgan fingerprint density at radius 3 is 2.53 bits per heavy atom. The van der Waals surface area contributed by atoms with E-state index in [-0.39, 0.29) is 18.2 Å². The molecule has 3 heteroatoms. The van der Waals surface area contributed by atoms with E-state index in [0.717, 1.165) is 11.1 Å². The Morgan fingerprint density at radius 2 is 1.94 bits per heavy atom. The number of hydrogen-bond donors (Lipinski definition) is 0. The molecule has 0 N–H and O–H groups in total. The zero-order valence-corrected chi connectivity index (χ0v) is 10.7. The molecular formula is C14H18O3. The molecule has 1 unspecified atom stereocenters. The predicted molar refractivity (Wildman–Crippen MR) is 66.0 cm³/mol. The number of hydrogen-bond acceptors (Lipinski definition) is 3. The zero-order valence-electron chi connectivity index (χ0n) is 10.7. The van der Waals surface area contributed by atoms with E-state index in [1.54, 1.807) is 13.0 Å². The van der Waals surface area contributed by atoms with Crippen LogP contribution in [0.1, 0.15) is 34.8 Å². The SMILES string of the molecule is COC(=O)C(C)CC(=O)c1cccc(C)c1C. The van der Waals surface area contributed by atoms with Gasteiger partial charge < -0.3 is 4.74 Å². The number of aryl methyl sites for hydroxylation is 1. The summed E-state index contributed by atoms with van der Waals surface area (Å²) in [5.41, 5.74) is 2.76. The van der Waals surface area contributed by atoms with Crippen LogP contribution in [0.25, 0.3) is 0 Å². The first-order valence-corrected chi connectivity index (χ1v) is 5.64. The Balaban J connectivity index is 2.84. The maximum absolute atomic E-state index is 12.0. The number of carbonyl (C=O) groups is 2. The molecule has 0 bridgehead atoms. The topological polar surface area (TPSA) is 43.4 Å². The normalized spacial score (nSPS) is 12.0. The third-order valence-electron chi connectivity index (χ3n) is 3.00. The van der Waals surface area contributed by atoms with Gasteiger partial charge in [-0.3, -0.25) is 9.59 Å². The number of Topliss-reactive ketones (excluding diaryl/α,β-unsaturated/α-hetero) is 1. The molecule has 0 aliphatic heterocycles. The first-order chi connectivity index (χ1) is 7.97. The van der Waals surface area contributed by atoms with Gasteiger partial charge in [-0.15, -0.1) is 0 Å². The van der Waals surface area contributed by atoms with Gasteiger partial charge in [0, 0.05) is 12.0 Å². The van der Waals surface area contributed by atoms with Gasteiger partial charge in [0.25, 0.3) is 0 Å². The van der Waals surface area contributed by atoms with Gasteiger partial charge in [-0.1, -0.05) is 25.1 Å². The molecule has 0 spiro atoms. The largest absolute Gasteiger partial charge is 0.469 e. The number of esters is 1. The van der Waals surface area contributed by atoms with Gasteiger partial charge in [-0.25, -0.2) is 0 Å². The van der Waals surface area contributed by atoms with E-state index in [1.807, 2.05) is 26.0 Å². The lowest BCUT2D eigenvalue weighted by atomic mass is 9.94. The van der Waals surface area contributed by atoms with Gasteiger partial charge in [0.15, 0.2) is 5.78 Å². The molecule has 0 saturated heterocycles. The molecule has 3 nitrogen and oxygen atoms in total. The molecule has 17 heavy (non-hydrogen) atoms. The van der Waals surface area contributed by atoms with Gasteiger partial charge in [-0.2, -0.15) is 0 Å². The van der Waals surface area contributed by atoms with Gasteiger partial charge >= 0.3 is 5.97 Å². The zero-order chi connectivity index (χ0) is 13.0. The molecule has 0 aliphatic carbocycles. The second-order valence-electron chi connectivity index (χ2n) is 4.30. The van der Waals surface area contributed by atoms with Crippen LogP contribution in [-0.2, 0) is 9.53 Å². The molecule has 0 radical (unpaired) electrons. The van der Waals surface area contributed by atoms with Crippen LogP contribution in [0.4, 0.5) is 0 Å². The number of ketones is 1. The first-order valence-electron chi connectivity index (χ1n) is 5.64. The standard InChI is InChI=1S/C14H18O3/c1-9-6-5-7-12(11(9)3)13(15)8-10(2)14(16)17-4/h5-7,10H,8H2,1-4H3. The Morgan fingerprint density at radius 1 is 1.29 bits per heavy atom. The van der Waals surface area contributed by atoms with E-state index in [9.17, 15) is 9.59 Å². The molecule has 92 valence electrons. The summed E-state index contributed by atoms with van der Waals surface area (Å²) in [6.45, 7) is 5.59. The number of ether oxygens (including phenoxy) is 1. The highest BCUT2D eigenvalue weighted by Gasteiger charge is 2.19. The van der Waals surface area contributed by atoms with Crippen molar-refractivity contribution in [1.82, 2.24) is 0 Å². The lowest BCUT2D eigenvalue weighted by molar-refractivity contribution is -0.144. The summed E-state index contributed by atoms with van der Waals surface area (Å²) in [6, 6.07) is 5.63. The van der Waals surface area contributed by atoms with Gasteiger partial charge in [0.05, 0.1) is 13.0 Å². The number of methoxy groups -OCH3 is 1. The second-order valence-corrected chi connectivity index (χ2v) is 4.30. The molecule has 1 aromatic carbocycles. The van der Waals surface area contributed by atoms with Gasteiger partial charge in [0.2, 0.25) is 0 Å². The average molecular weight is 234 g/mol. The van der Waals surface area contributed by atoms with Crippen molar-refractivity contribution in [1.29, 1.82) is 0 Å². The minimum atomic E-state index is -0.396. The highest BCUT2D eigenvalue weighted by molar-refractivity contribution is 5.99. The molecule has 0 heterocycles. The second kappa shape index (κ2) is 5.62. The molecule has 1 rings (SSSR count). The first kappa shape index (κ1) is 13.4. The fourth-order valence-corrected chi connectivity index (χ4v) is 1.73. The lowest BCUT2D eigenvalue weighted by Crippen LogP contribution is -2.17. The van der Waals surface area contributed by atoms with Crippen molar-refractivity contribution in [2.75, 3.05) is 7.11 Å². The Kier molecular flexibility index (Phi) is 4.44. The van der Waals surface area contributed by atoms with Gasteiger partial charge in [-0.05, 0) is 25.0 Å². The van der Waals surface area contributed by atoms with Crippen molar-refractivity contribution in [2.45, 2.75) is 27.2 Å². The molecule has 1 atom stereocenters. The van der Waals surface area contributed by atoms with Crippen LogP contribution in [0.15, 0.2) is 18.2 Å². The van der Waals surface area contributed by atoms with Crippen LogP contribution < -0.4 is 0 Å². The van der Waals surface area contributed by atoms with Gasteiger partial charge in [0.1, 0.15) is 0 Å². The van der Waals surface area contributed by atoms with Crippen molar-refractivity contribution in [3.05, 3.63) is 34.9 Å². The molecule has 0 aromatic heterocycles. The van der Waals surface area contributed by atoms with E-state index in [1.165, 1.54) is 7.11 Å². The third kappa shape index (κ3) is 3.16. The monoisotopic (exact) mass is 234 g/mol. The smallest absolute Gasteiger partial charge is 0.308 e. The quantitative estimate of drug-likeness (QED) is 0.594. The van der Waals surface area contributed by atoms with Crippen molar-refractivity contribution in [2.24, 2.45) is 5.92 Å². The third-order valence-corrected chi connectivity index (χ3v) is 3.00. The fourth-order valence-electron chi connectivity index (χ4n) is 1.73. The van der Waals surface area contributed by atoms with Crippen molar-refractivity contribution in [3.63, 3.8) is 0 Å². The average Bonchev–Trinajstić information content (AvgIpc) is 2.31. The summed E-state index contributed by atoms with van der Waals surface area (Å²) in [7, 11) is 1.33. The van der Waals surface area contributed by atoms with Crippen LogP contribution in [-0.4, -0.2) is 18.9 Å². The minimum Gasteiger partial charge on any atom is -0.469 e. The lowest BCUT2D eigenvalue weighted by Gasteiger charge is -2.10. The number of benzene rings is 1. The maximum atomic E-state index is 12.0. The highest BCUT2D eigenvalue weighted by Crippen LogP contribution is 2.17. The van der Waals surface area contributed by atoms with Crippen LogP contribution in [0.5, 0.6) is 0 Å². The van der Waals surface area contributed by atoms with E-state index in [0.29, 0.717) is 5.56 Å². The summed E-state index contributed by atoms with van der Waals surface area (Å²) in [5.74, 6) is -0.750. The maximum Gasteiger partial charge on any atom is 0.308 e. The molecule has 0 fully saturated rings. The van der Waals surface area contributed by atoms with Crippen LogP contribution in [0.3, 0.4) is 0 Å². The summed E-state index contributed by atoms with van der Waals surface area (Å²) < 4.78 is 4.61. The van der Waals surface area contributed by atoms with Crippen LogP contribution in [0, 0.1) is 19.8 Å². The van der Waals surface area contributed by atoms with Crippen molar-refractivity contribution in [3.8, 4) is 0 Å². The summed E-state index contributed by atoms with van der Waals surface area (Å²) in [4.78, 5) is 23.3. The minimum absolute atomic E-state index is 0.0101.